The molecule has 1 aliphatic rings. The second-order valence-electron chi connectivity index (χ2n) is 6.71. The number of pyridine rings is 1. The summed E-state index contributed by atoms with van der Waals surface area (Å²) in [5.74, 6) is 0.961. The van der Waals surface area contributed by atoms with E-state index in [4.69, 9.17) is 4.74 Å². The molecular formula is C18H27N3O2. The molecule has 0 aliphatic carbocycles. The number of nitrogens with zero attached hydrogens (tertiary/aromatic N) is 3. The first-order valence-corrected chi connectivity index (χ1v) is 8.24. The van der Waals surface area contributed by atoms with Crippen molar-refractivity contribution >= 4 is 18.0 Å². The van der Waals surface area contributed by atoms with Gasteiger partial charge in [0.05, 0.1) is 0 Å². The summed E-state index contributed by atoms with van der Waals surface area (Å²) < 4.78 is 5.42. The second-order valence-corrected chi connectivity index (χ2v) is 6.71. The number of hydrogen-bond donors (Lipinski definition) is 0. The molecule has 0 unspecified atom stereocenters. The summed E-state index contributed by atoms with van der Waals surface area (Å²) in [5, 5.41) is 0. The number of aromatic nitrogens is 1. The van der Waals surface area contributed by atoms with Gasteiger partial charge in [-0.25, -0.2) is 9.78 Å². The van der Waals surface area contributed by atoms with Crippen molar-refractivity contribution in [3.63, 3.8) is 0 Å². The predicted octanol–water partition coefficient (Wildman–Crippen LogP) is 3.56. The molecular weight excluding hydrogens is 290 g/mol. The fourth-order valence-corrected chi connectivity index (χ4v) is 2.38. The molecule has 2 rings (SSSR count). The summed E-state index contributed by atoms with van der Waals surface area (Å²) in [6.07, 6.45) is 6.88. The van der Waals surface area contributed by atoms with Crippen LogP contribution in [0.15, 0.2) is 24.4 Å². The van der Waals surface area contributed by atoms with Gasteiger partial charge in [0.1, 0.15) is 11.4 Å². The smallest absolute Gasteiger partial charge is 0.410 e. The van der Waals surface area contributed by atoms with Gasteiger partial charge in [-0.1, -0.05) is 19.1 Å². The van der Waals surface area contributed by atoms with Crippen LogP contribution in [0.2, 0.25) is 0 Å². The lowest BCUT2D eigenvalue weighted by molar-refractivity contribution is 0.0240. The molecule has 1 aromatic heterocycles. The van der Waals surface area contributed by atoms with Gasteiger partial charge in [0.15, 0.2) is 0 Å². The normalized spacial score (nSPS) is 16.0. The Balaban J connectivity index is 1.89. The number of amides is 1. The van der Waals surface area contributed by atoms with Crippen LogP contribution in [0.25, 0.3) is 6.08 Å². The maximum absolute atomic E-state index is 12.1. The summed E-state index contributed by atoms with van der Waals surface area (Å²) in [6, 6.07) is 4.12. The number of allylic oxidation sites excluding steroid dienone is 1. The third-order valence-electron chi connectivity index (χ3n) is 3.57. The number of hydrogen-bond acceptors (Lipinski definition) is 4. The maximum atomic E-state index is 12.1. The molecule has 0 atom stereocenters. The first-order chi connectivity index (χ1) is 10.9. The van der Waals surface area contributed by atoms with Gasteiger partial charge < -0.3 is 14.5 Å². The number of anilines is 1. The fraction of sp³-hybridized carbons (Fsp3) is 0.556. The first-order valence-electron chi connectivity index (χ1n) is 8.24. The van der Waals surface area contributed by atoms with Crippen LogP contribution in [0, 0.1) is 0 Å². The van der Waals surface area contributed by atoms with Crippen LogP contribution in [0.3, 0.4) is 0 Å². The van der Waals surface area contributed by atoms with Crippen molar-refractivity contribution in [1.82, 2.24) is 9.88 Å². The average Bonchev–Trinajstić information content (AvgIpc) is 2.52. The Bertz CT molecular complexity index is 538. The number of piperazine rings is 1. The molecule has 0 saturated carbocycles. The minimum Gasteiger partial charge on any atom is -0.444 e. The van der Waals surface area contributed by atoms with Crippen LogP contribution in [-0.4, -0.2) is 47.8 Å². The van der Waals surface area contributed by atoms with Gasteiger partial charge in [0.25, 0.3) is 0 Å². The van der Waals surface area contributed by atoms with Gasteiger partial charge >= 0.3 is 6.09 Å². The van der Waals surface area contributed by atoms with Crippen LogP contribution < -0.4 is 4.90 Å². The summed E-state index contributed by atoms with van der Waals surface area (Å²) in [7, 11) is 0. The summed E-state index contributed by atoms with van der Waals surface area (Å²) in [4.78, 5) is 20.6. The van der Waals surface area contributed by atoms with E-state index in [-0.39, 0.29) is 6.09 Å². The van der Waals surface area contributed by atoms with E-state index in [9.17, 15) is 4.79 Å². The van der Waals surface area contributed by atoms with E-state index in [0.29, 0.717) is 13.1 Å². The molecule has 0 N–H and O–H groups in total. The lowest BCUT2D eigenvalue weighted by Gasteiger charge is -2.36. The molecule has 1 saturated heterocycles. The zero-order valence-electron chi connectivity index (χ0n) is 14.6. The van der Waals surface area contributed by atoms with Crippen molar-refractivity contribution in [2.24, 2.45) is 0 Å². The first kappa shape index (κ1) is 17.3. The van der Waals surface area contributed by atoms with E-state index in [1.165, 1.54) is 0 Å². The Morgan fingerprint density at radius 2 is 1.96 bits per heavy atom. The molecule has 0 radical (unpaired) electrons. The number of carbonyl (C=O) groups excluding carboxylic acids is 1. The molecule has 0 spiro atoms. The molecule has 1 aromatic rings. The van der Waals surface area contributed by atoms with E-state index in [1.807, 2.05) is 33.0 Å². The highest BCUT2D eigenvalue weighted by Crippen LogP contribution is 2.16. The third-order valence-corrected chi connectivity index (χ3v) is 3.57. The highest BCUT2D eigenvalue weighted by atomic mass is 16.6. The van der Waals surface area contributed by atoms with Gasteiger partial charge in [-0.05, 0) is 44.9 Å². The highest BCUT2D eigenvalue weighted by molar-refractivity contribution is 5.68. The van der Waals surface area contributed by atoms with Gasteiger partial charge in [-0.3, -0.25) is 0 Å². The van der Waals surface area contributed by atoms with E-state index in [1.54, 1.807) is 4.90 Å². The van der Waals surface area contributed by atoms with Crippen molar-refractivity contribution < 1.29 is 9.53 Å². The van der Waals surface area contributed by atoms with Gasteiger partial charge in [0.2, 0.25) is 0 Å². The fourth-order valence-electron chi connectivity index (χ4n) is 2.38. The van der Waals surface area contributed by atoms with E-state index < -0.39 is 5.60 Å². The van der Waals surface area contributed by atoms with Gasteiger partial charge in [-0.2, -0.15) is 0 Å². The van der Waals surface area contributed by atoms with Gasteiger partial charge in [-0.15, -0.1) is 0 Å². The Kier molecular flexibility index (Phi) is 5.64. The summed E-state index contributed by atoms with van der Waals surface area (Å²) in [6.45, 7) is 10.6. The van der Waals surface area contributed by atoms with Crippen molar-refractivity contribution in [3.05, 3.63) is 30.0 Å². The monoisotopic (exact) mass is 317 g/mol. The molecule has 0 bridgehead atoms. The standard InChI is InChI=1S/C18H27N3O2/c1-5-6-7-15-8-9-16(19-14-15)20-10-12-21(13-11-20)17(22)23-18(2,3)4/h6-9,14H,5,10-13H2,1-4H3. The zero-order chi connectivity index (χ0) is 16.9. The van der Waals surface area contributed by atoms with Crippen LogP contribution >= 0.6 is 0 Å². The summed E-state index contributed by atoms with van der Waals surface area (Å²) >= 11 is 0. The SMILES string of the molecule is CCC=Cc1ccc(N2CCN(C(=O)OC(C)(C)C)CC2)nc1. The minimum atomic E-state index is -0.447. The van der Waals surface area contributed by atoms with Crippen LogP contribution in [0.1, 0.15) is 39.7 Å². The second kappa shape index (κ2) is 7.49. The van der Waals surface area contributed by atoms with E-state index >= 15 is 0 Å². The Morgan fingerprint density at radius 1 is 1.26 bits per heavy atom. The van der Waals surface area contributed by atoms with E-state index in [0.717, 1.165) is 30.9 Å². The molecule has 126 valence electrons. The average molecular weight is 317 g/mol. The molecule has 2 heterocycles. The molecule has 1 amide bonds. The van der Waals surface area contributed by atoms with Crippen molar-refractivity contribution in [1.29, 1.82) is 0 Å². The van der Waals surface area contributed by atoms with Crippen LogP contribution in [0.4, 0.5) is 10.6 Å². The van der Waals surface area contributed by atoms with Crippen LogP contribution in [0.5, 0.6) is 0 Å². The van der Waals surface area contributed by atoms with Crippen molar-refractivity contribution in [3.8, 4) is 0 Å². The Morgan fingerprint density at radius 3 is 2.48 bits per heavy atom. The topological polar surface area (TPSA) is 45.7 Å². The highest BCUT2D eigenvalue weighted by Gasteiger charge is 2.26. The largest absolute Gasteiger partial charge is 0.444 e. The van der Waals surface area contributed by atoms with E-state index in [2.05, 4.69) is 35.0 Å². The van der Waals surface area contributed by atoms with Gasteiger partial charge in [0, 0.05) is 32.4 Å². The quantitative estimate of drug-likeness (QED) is 0.855. The Hall–Kier alpha value is -2.04. The maximum Gasteiger partial charge on any atom is 0.410 e. The predicted molar refractivity (Wildman–Crippen MR) is 93.6 cm³/mol. The lowest BCUT2D eigenvalue weighted by atomic mass is 10.2. The molecule has 0 aromatic carbocycles. The summed E-state index contributed by atoms with van der Waals surface area (Å²) in [5.41, 5.74) is 0.667. The molecule has 1 aliphatic heterocycles. The number of ether oxygens (including phenoxy) is 1. The Labute approximate surface area is 138 Å². The number of carbonyl (C=O) groups is 1. The molecule has 23 heavy (non-hydrogen) atoms. The zero-order valence-corrected chi connectivity index (χ0v) is 14.6. The molecule has 5 nitrogen and oxygen atoms in total. The lowest BCUT2D eigenvalue weighted by Crippen LogP contribution is -2.50. The minimum absolute atomic E-state index is 0.231. The molecule has 5 heteroatoms. The third kappa shape index (κ3) is 5.27. The van der Waals surface area contributed by atoms with Crippen molar-refractivity contribution in [2.45, 2.75) is 39.7 Å². The number of rotatable bonds is 3. The molecule has 1 fully saturated rings. The van der Waals surface area contributed by atoms with Crippen LogP contribution in [-0.2, 0) is 4.74 Å². The van der Waals surface area contributed by atoms with Crippen molar-refractivity contribution in [2.75, 3.05) is 31.1 Å².